The molecule has 30 heavy (non-hydrogen) atoms. The highest BCUT2D eigenvalue weighted by Gasteiger charge is 2.17. The standard InChI is InChI=1S/C27H20I2O/c28-23-13-9-19(10-14-23)17-21-5-1-3-7-25(21)27(30)26-8-4-2-6-22(26)18-20-11-15-24(29)16-12-20/h1-16H,17-18H2. The molecule has 148 valence electrons. The number of halogens is 2. The van der Waals surface area contributed by atoms with E-state index in [1.54, 1.807) is 0 Å². The third kappa shape index (κ3) is 5.19. The predicted octanol–water partition coefficient (Wildman–Crippen LogP) is 7.31. The predicted molar refractivity (Wildman–Crippen MR) is 140 cm³/mol. The molecule has 0 spiro atoms. The summed E-state index contributed by atoms with van der Waals surface area (Å²) in [5, 5.41) is 0. The third-order valence-electron chi connectivity index (χ3n) is 5.14. The highest BCUT2D eigenvalue weighted by atomic mass is 127. The number of hydrogen-bond acceptors (Lipinski definition) is 1. The van der Waals surface area contributed by atoms with E-state index in [2.05, 4.69) is 106 Å². The Bertz CT molecular complexity index is 1070. The molecule has 0 N–H and O–H groups in total. The summed E-state index contributed by atoms with van der Waals surface area (Å²) in [7, 11) is 0. The van der Waals surface area contributed by atoms with Crippen LogP contribution in [0.1, 0.15) is 38.2 Å². The van der Waals surface area contributed by atoms with E-state index in [4.69, 9.17) is 0 Å². The van der Waals surface area contributed by atoms with Crippen LogP contribution in [0.15, 0.2) is 97.1 Å². The summed E-state index contributed by atoms with van der Waals surface area (Å²) in [6.45, 7) is 0. The molecule has 0 atom stereocenters. The molecule has 4 aromatic rings. The molecule has 3 heteroatoms. The maximum atomic E-state index is 13.6. The Hall–Kier alpha value is -1.99. The number of carbonyl (C=O) groups is 1. The molecule has 4 aromatic carbocycles. The minimum atomic E-state index is 0.0947. The lowest BCUT2D eigenvalue weighted by Crippen LogP contribution is -2.09. The van der Waals surface area contributed by atoms with Crippen LogP contribution in [0, 0.1) is 7.14 Å². The molecule has 0 saturated carbocycles. The minimum Gasteiger partial charge on any atom is -0.289 e. The molecule has 0 fully saturated rings. The van der Waals surface area contributed by atoms with Gasteiger partial charge < -0.3 is 0 Å². The van der Waals surface area contributed by atoms with Crippen LogP contribution in [0.5, 0.6) is 0 Å². The van der Waals surface area contributed by atoms with Crippen molar-refractivity contribution in [2.24, 2.45) is 0 Å². The van der Waals surface area contributed by atoms with E-state index in [9.17, 15) is 4.79 Å². The monoisotopic (exact) mass is 614 g/mol. The van der Waals surface area contributed by atoms with E-state index >= 15 is 0 Å². The summed E-state index contributed by atoms with van der Waals surface area (Å²) < 4.78 is 2.43. The fraction of sp³-hybridized carbons (Fsp3) is 0.0741. The van der Waals surface area contributed by atoms with Crippen LogP contribution in [0.25, 0.3) is 0 Å². The van der Waals surface area contributed by atoms with E-state index in [-0.39, 0.29) is 5.78 Å². The second-order valence-corrected chi connectivity index (χ2v) is 9.74. The van der Waals surface area contributed by atoms with E-state index in [1.165, 1.54) is 18.3 Å². The van der Waals surface area contributed by atoms with E-state index < -0.39 is 0 Å². The number of rotatable bonds is 6. The number of benzene rings is 4. The molecule has 0 saturated heterocycles. The Morgan fingerprint density at radius 2 is 0.900 bits per heavy atom. The summed E-state index contributed by atoms with van der Waals surface area (Å²) in [4.78, 5) is 13.6. The minimum absolute atomic E-state index is 0.0947. The second-order valence-electron chi connectivity index (χ2n) is 7.25. The first-order chi connectivity index (χ1) is 14.6. The van der Waals surface area contributed by atoms with Crippen molar-refractivity contribution in [3.05, 3.63) is 138 Å². The summed E-state index contributed by atoms with van der Waals surface area (Å²) in [5.41, 5.74) is 6.11. The van der Waals surface area contributed by atoms with Gasteiger partial charge in [-0.1, -0.05) is 72.8 Å². The summed E-state index contributed by atoms with van der Waals surface area (Å²) >= 11 is 4.62. The molecule has 0 amide bonds. The van der Waals surface area contributed by atoms with Crippen LogP contribution in [0.4, 0.5) is 0 Å². The molecule has 0 bridgehead atoms. The zero-order valence-corrected chi connectivity index (χ0v) is 20.6. The third-order valence-corrected chi connectivity index (χ3v) is 6.58. The average Bonchev–Trinajstić information content (AvgIpc) is 2.77. The van der Waals surface area contributed by atoms with Crippen LogP contribution in [0.2, 0.25) is 0 Å². The second kappa shape index (κ2) is 9.88. The van der Waals surface area contributed by atoms with Crippen molar-refractivity contribution in [1.29, 1.82) is 0 Å². The van der Waals surface area contributed by atoms with Gasteiger partial charge in [0.05, 0.1) is 0 Å². The fourth-order valence-electron chi connectivity index (χ4n) is 3.58. The molecule has 0 heterocycles. The first-order valence-corrected chi connectivity index (χ1v) is 12.0. The number of hydrogen-bond donors (Lipinski definition) is 0. The topological polar surface area (TPSA) is 17.1 Å². The van der Waals surface area contributed by atoms with Gasteiger partial charge in [0.15, 0.2) is 5.78 Å². The van der Waals surface area contributed by atoms with Crippen molar-refractivity contribution >= 4 is 51.0 Å². The zero-order chi connectivity index (χ0) is 20.9. The Labute approximate surface area is 204 Å². The number of carbonyl (C=O) groups excluding carboxylic acids is 1. The van der Waals surface area contributed by atoms with Gasteiger partial charge >= 0.3 is 0 Å². The quantitative estimate of drug-likeness (QED) is 0.165. The maximum Gasteiger partial charge on any atom is 0.193 e. The van der Waals surface area contributed by atoms with Crippen LogP contribution in [-0.4, -0.2) is 5.78 Å². The van der Waals surface area contributed by atoms with Gasteiger partial charge in [-0.25, -0.2) is 0 Å². The van der Waals surface area contributed by atoms with E-state index in [1.807, 2.05) is 36.4 Å². The molecule has 0 unspecified atom stereocenters. The molecular weight excluding hydrogens is 594 g/mol. The average molecular weight is 614 g/mol. The Kier molecular flexibility index (Phi) is 7.00. The first kappa shape index (κ1) is 21.2. The molecule has 0 aliphatic carbocycles. The van der Waals surface area contributed by atoms with E-state index in [0.29, 0.717) is 0 Å². The van der Waals surface area contributed by atoms with Gasteiger partial charge in [0, 0.05) is 18.3 Å². The molecule has 0 aliphatic rings. The lowest BCUT2D eigenvalue weighted by molar-refractivity contribution is 0.103. The van der Waals surface area contributed by atoms with Crippen LogP contribution >= 0.6 is 45.2 Å². The first-order valence-electron chi connectivity index (χ1n) is 9.79. The van der Waals surface area contributed by atoms with Crippen LogP contribution < -0.4 is 0 Å². The van der Waals surface area contributed by atoms with Gasteiger partial charge in [-0.05, 0) is 105 Å². The smallest absolute Gasteiger partial charge is 0.193 e. The van der Waals surface area contributed by atoms with Gasteiger partial charge in [-0.3, -0.25) is 4.79 Å². The van der Waals surface area contributed by atoms with Crippen molar-refractivity contribution in [2.75, 3.05) is 0 Å². The normalized spacial score (nSPS) is 10.7. The van der Waals surface area contributed by atoms with Gasteiger partial charge in [-0.2, -0.15) is 0 Å². The van der Waals surface area contributed by atoms with Crippen molar-refractivity contribution in [3.8, 4) is 0 Å². The lowest BCUT2D eigenvalue weighted by atomic mass is 9.90. The maximum absolute atomic E-state index is 13.6. The Morgan fingerprint density at radius 1 is 0.533 bits per heavy atom. The molecular formula is C27H20I2O. The van der Waals surface area contributed by atoms with E-state index in [0.717, 1.165) is 35.1 Å². The largest absolute Gasteiger partial charge is 0.289 e. The summed E-state index contributed by atoms with van der Waals surface area (Å²) in [6, 6.07) is 32.9. The highest BCUT2D eigenvalue weighted by Crippen LogP contribution is 2.23. The van der Waals surface area contributed by atoms with Crippen molar-refractivity contribution in [2.45, 2.75) is 12.8 Å². The SMILES string of the molecule is O=C(c1ccccc1Cc1ccc(I)cc1)c1ccccc1Cc1ccc(I)cc1. The van der Waals surface area contributed by atoms with Gasteiger partial charge in [0.1, 0.15) is 0 Å². The summed E-state index contributed by atoms with van der Waals surface area (Å²) in [5.74, 6) is 0.0947. The fourth-order valence-corrected chi connectivity index (χ4v) is 4.30. The Balaban J connectivity index is 1.65. The van der Waals surface area contributed by atoms with Crippen molar-refractivity contribution in [3.63, 3.8) is 0 Å². The lowest BCUT2D eigenvalue weighted by Gasteiger charge is -2.13. The molecule has 0 aliphatic heterocycles. The molecule has 4 rings (SSSR count). The number of ketones is 1. The zero-order valence-electron chi connectivity index (χ0n) is 16.3. The molecule has 0 aromatic heterocycles. The Morgan fingerprint density at radius 3 is 1.30 bits per heavy atom. The highest BCUT2D eigenvalue weighted by molar-refractivity contribution is 14.1. The van der Waals surface area contributed by atoms with Crippen LogP contribution in [-0.2, 0) is 12.8 Å². The van der Waals surface area contributed by atoms with Crippen LogP contribution in [0.3, 0.4) is 0 Å². The van der Waals surface area contributed by atoms with Crippen molar-refractivity contribution in [1.82, 2.24) is 0 Å². The molecule has 0 radical (unpaired) electrons. The van der Waals surface area contributed by atoms with Gasteiger partial charge in [0.2, 0.25) is 0 Å². The molecule has 1 nitrogen and oxygen atoms in total. The van der Waals surface area contributed by atoms with Gasteiger partial charge in [-0.15, -0.1) is 0 Å². The summed E-state index contributed by atoms with van der Waals surface area (Å²) in [6.07, 6.45) is 1.50. The van der Waals surface area contributed by atoms with Crippen molar-refractivity contribution < 1.29 is 4.79 Å². The van der Waals surface area contributed by atoms with Gasteiger partial charge in [0.25, 0.3) is 0 Å².